The van der Waals surface area contributed by atoms with E-state index in [2.05, 4.69) is 9.80 Å². The molecule has 2 aliphatic rings. The lowest BCUT2D eigenvalue weighted by molar-refractivity contribution is 0.0330. The van der Waals surface area contributed by atoms with Gasteiger partial charge < -0.3 is 15.1 Å². The number of nitrogens with zero attached hydrogens (tertiary/aromatic N) is 2. The third-order valence-corrected chi connectivity index (χ3v) is 4.94. The zero-order valence-corrected chi connectivity index (χ0v) is 12.2. The Balaban J connectivity index is 1.82. The minimum Gasteiger partial charge on any atom is -0.396 e. The van der Waals surface area contributed by atoms with Crippen LogP contribution in [0.1, 0.15) is 38.5 Å². The van der Waals surface area contributed by atoms with Crippen LogP contribution >= 0.6 is 0 Å². The van der Waals surface area contributed by atoms with E-state index < -0.39 is 0 Å². The summed E-state index contributed by atoms with van der Waals surface area (Å²) in [6.07, 6.45) is 7.63. The topological polar surface area (TPSA) is 46.9 Å². The summed E-state index contributed by atoms with van der Waals surface area (Å²) in [6.45, 7) is 6.77. The predicted molar refractivity (Wildman–Crippen MR) is 77.2 cm³/mol. The Kier molecular flexibility index (Phi) is 6.07. The molecule has 0 amide bonds. The number of piperazine rings is 1. The van der Waals surface area contributed by atoms with Gasteiger partial charge in [0.1, 0.15) is 0 Å². The number of β-amino-alcohol motifs (C(OH)–C–C–N with tert-alkyl or cyclic N) is 1. The highest BCUT2D eigenvalue weighted by Crippen LogP contribution is 2.35. The van der Waals surface area contributed by atoms with Gasteiger partial charge in [-0.15, -0.1) is 0 Å². The van der Waals surface area contributed by atoms with Gasteiger partial charge in [0, 0.05) is 51.3 Å². The van der Waals surface area contributed by atoms with Crippen LogP contribution in [0.5, 0.6) is 0 Å². The van der Waals surface area contributed by atoms with E-state index in [-0.39, 0.29) is 12.0 Å². The van der Waals surface area contributed by atoms with Crippen molar-refractivity contribution in [1.29, 1.82) is 0 Å². The molecule has 1 saturated heterocycles. The van der Waals surface area contributed by atoms with Gasteiger partial charge in [0.15, 0.2) is 0 Å². The molecule has 0 radical (unpaired) electrons. The highest BCUT2D eigenvalue weighted by atomic mass is 16.3. The first kappa shape index (κ1) is 15.2. The Morgan fingerprint density at radius 3 is 1.89 bits per heavy atom. The minimum absolute atomic E-state index is 0.162. The lowest BCUT2D eigenvalue weighted by Gasteiger charge is -2.41. The largest absolute Gasteiger partial charge is 0.396 e. The summed E-state index contributed by atoms with van der Waals surface area (Å²) in [5, 5.41) is 18.8. The number of aliphatic hydroxyl groups is 2. The molecule has 2 N–H and O–H groups in total. The number of hydrogen-bond acceptors (Lipinski definition) is 4. The SMILES string of the molecule is OCCN1CCN(CC2(CO)CCCCCC2)CC1. The van der Waals surface area contributed by atoms with Gasteiger partial charge in [-0.05, 0) is 12.8 Å². The Bertz CT molecular complexity index is 245. The summed E-state index contributed by atoms with van der Waals surface area (Å²) < 4.78 is 0. The number of rotatable bonds is 5. The first-order valence-corrected chi connectivity index (χ1v) is 7.94. The maximum absolute atomic E-state index is 9.86. The molecule has 0 bridgehead atoms. The van der Waals surface area contributed by atoms with Gasteiger partial charge in [-0.1, -0.05) is 25.7 Å². The maximum Gasteiger partial charge on any atom is 0.0558 e. The van der Waals surface area contributed by atoms with Gasteiger partial charge in [-0.3, -0.25) is 4.90 Å². The highest BCUT2D eigenvalue weighted by molar-refractivity contribution is 4.86. The smallest absolute Gasteiger partial charge is 0.0558 e. The quantitative estimate of drug-likeness (QED) is 0.730. The van der Waals surface area contributed by atoms with Gasteiger partial charge in [0.25, 0.3) is 0 Å². The minimum atomic E-state index is 0.162. The maximum atomic E-state index is 9.86. The summed E-state index contributed by atoms with van der Waals surface area (Å²) in [7, 11) is 0. The molecule has 4 nitrogen and oxygen atoms in total. The fourth-order valence-electron chi connectivity index (χ4n) is 3.63. The van der Waals surface area contributed by atoms with Crippen molar-refractivity contribution in [2.24, 2.45) is 5.41 Å². The van der Waals surface area contributed by atoms with Crippen LogP contribution in [0.25, 0.3) is 0 Å². The van der Waals surface area contributed by atoms with E-state index in [1.807, 2.05) is 0 Å². The molecule has 2 fully saturated rings. The molecule has 0 aromatic carbocycles. The molecule has 0 atom stereocenters. The van der Waals surface area contributed by atoms with Crippen molar-refractivity contribution >= 4 is 0 Å². The Labute approximate surface area is 117 Å². The fraction of sp³-hybridized carbons (Fsp3) is 1.00. The molecular formula is C15H30N2O2. The van der Waals surface area contributed by atoms with E-state index in [9.17, 15) is 5.11 Å². The van der Waals surface area contributed by atoms with Crippen LogP contribution in [0.3, 0.4) is 0 Å². The van der Waals surface area contributed by atoms with Crippen LogP contribution < -0.4 is 0 Å². The van der Waals surface area contributed by atoms with Gasteiger partial charge in [-0.2, -0.15) is 0 Å². The van der Waals surface area contributed by atoms with E-state index in [0.717, 1.165) is 39.3 Å². The van der Waals surface area contributed by atoms with Crippen LogP contribution in [0.2, 0.25) is 0 Å². The van der Waals surface area contributed by atoms with Crippen molar-refractivity contribution in [2.45, 2.75) is 38.5 Å². The Morgan fingerprint density at radius 1 is 0.789 bits per heavy atom. The van der Waals surface area contributed by atoms with Crippen molar-refractivity contribution in [3.63, 3.8) is 0 Å². The standard InChI is InChI=1S/C15H30N2O2/c18-12-11-16-7-9-17(10-8-16)13-15(14-19)5-3-1-2-4-6-15/h18-19H,1-14H2. The first-order chi connectivity index (χ1) is 9.28. The third kappa shape index (κ3) is 4.42. The molecule has 19 heavy (non-hydrogen) atoms. The first-order valence-electron chi connectivity index (χ1n) is 7.94. The second kappa shape index (κ2) is 7.58. The molecule has 1 aliphatic carbocycles. The molecule has 1 saturated carbocycles. The van der Waals surface area contributed by atoms with Crippen LogP contribution in [0.15, 0.2) is 0 Å². The van der Waals surface area contributed by atoms with E-state index in [0.29, 0.717) is 6.61 Å². The molecule has 0 aromatic rings. The van der Waals surface area contributed by atoms with Gasteiger partial charge >= 0.3 is 0 Å². The lowest BCUT2D eigenvalue weighted by Crippen LogP contribution is -2.51. The third-order valence-electron chi connectivity index (χ3n) is 4.94. The summed E-state index contributed by atoms with van der Waals surface area (Å²) >= 11 is 0. The lowest BCUT2D eigenvalue weighted by atomic mass is 9.80. The normalized spacial score (nSPS) is 26.2. The summed E-state index contributed by atoms with van der Waals surface area (Å²) in [5.74, 6) is 0. The van der Waals surface area contributed by atoms with Crippen LogP contribution in [0, 0.1) is 5.41 Å². The number of aliphatic hydroxyl groups excluding tert-OH is 2. The van der Waals surface area contributed by atoms with Gasteiger partial charge in [0.2, 0.25) is 0 Å². The van der Waals surface area contributed by atoms with Crippen molar-refractivity contribution in [1.82, 2.24) is 9.80 Å². The van der Waals surface area contributed by atoms with E-state index in [4.69, 9.17) is 5.11 Å². The fourth-order valence-corrected chi connectivity index (χ4v) is 3.63. The van der Waals surface area contributed by atoms with Crippen molar-refractivity contribution in [2.75, 3.05) is 52.5 Å². The van der Waals surface area contributed by atoms with Crippen molar-refractivity contribution in [3.8, 4) is 0 Å². The van der Waals surface area contributed by atoms with Crippen LogP contribution in [-0.2, 0) is 0 Å². The zero-order valence-electron chi connectivity index (χ0n) is 12.2. The average molecular weight is 270 g/mol. The number of hydrogen-bond donors (Lipinski definition) is 2. The molecule has 1 aliphatic heterocycles. The summed E-state index contributed by atoms with van der Waals surface area (Å²) in [4.78, 5) is 4.85. The predicted octanol–water partition coefficient (Wildman–Crippen LogP) is 0.929. The second-order valence-electron chi connectivity index (χ2n) is 6.41. The second-order valence-corrected chi connectivity index (χ2v) is 6.41. The summed E-state index contributed by atoms with van der Waals surface area (Å²) in [6, 6.07) is 0. The Morgan fingerprint density at radius 2 is 1.37 bits per heavy atom. The molecule has 0 spiro atoms. The Hall–Kier alpha value is -0.160. The highest BCUT2D eigenvalue weighted by Gasteiger charge is 2.33. The molecule has 0 unspecified atom stereocenters. The molecule has 4 heteroatoms. The van der Waals surface area contributed by atoms with Crippen molar-refractivity contribution in [3.05, 3.63) is 0 Å². The van der Waals surface area contributed by atoms with Gasteiger partial charge in [-0.25, -0.2) is 0 Å². The van der Waals surface area contributed by atoms with Crippen LogP contribution in [-0.4, -0.2) is 72.5 Å². The van der Waals surface area contributed by atoms with Gasteiger partial charge in [0.05, 0.1) is 6.61 Å². The molecule has 1 heterocycles. The van der Waals surface area contributed by atoms with E-state index in [1.165, 1.54) is 38.5 Å². The average Bonchev–Trinajstić information content (AvgIpc) is 2.68. The monoisotopic (exact) mass is 270 g/mol. The molecular weight excluding hydrogens is 240 g/mol. The molecule has 0 aromatic heterocycles. The van der Waals surface area contributed by atoms with E-state index in [1.54, 1.807) is 0 Å². The molecule has 112 valence electrons. The van der Waals surface area contributed by atoms with Crippen molar-refractivity contribution < 1.29 is 10.2 Å². The summed E-state index contributed by atoms with van der Waals surface area (Å²) in [5.41, 5.74) is 0.162. The molecule has 2 rings (SSSR count). The zero-order chi connectivity index (χ0) is 13.6. The van der Waals surface area contributed by atoms with E-state index >= 15 is 0 Å². The van der Waals surface area contributed by atoms with Crippen LogP contribution in [0.4, 0.5) is 0 Å².